The second-order valence-corrected chi connectivity index (χ2v) is 6.81. The molecule has 6 heteroatoms. The number of esters is 1. The molecule has 0 heterocycles. The topological polar surface area (TPSA) is 55.4 Å². The van der Waals surface area contributed by atoms with Crippen LogP contribution in [0.3, 0.4) is 0 Å². The van der Waals surface area contributed by atoms with Crippen molar-refractivity contribution in [3.05, 3.63) is 34.9 Å². The SMILES string of the molecule is COC(=O)C(CC(C)C)NC(=O)CSCc1ccc(Cl)cc1. The Morgan fingerprint density at radius 3 is 2.45 bits per heavy atom. The van der Waals surface area contributed by atoms with Crippen molar-refractivity contribution in [1.82, 2.24) is 5.32 Å². The van der Waals surface area contributed by atoms with E-state index in [1.807, 2.05) is 38.1 Å². The number of methoxy groups -OCH3 is 1. The second-order valence-electron chi connectivity index (χ2n) is 5.39. The lowest BCUT2D eigenvalue weighted by molar-refractivity contribution is -0.145. The Labute approximate surface area is 140 Å². The van der Waals surface area contributed by atoms with E-state index in [1.54, 1.807) is 0 Å². The van der Waals surface area contributed by atoms with Crippen molar-refractivity contribution < 1.29 is 14.3 Å². The molecule has 0 aliphatic carbocycles. The summed E-state index contributed by atoms with van der Waals surface area (Å²) >= 11 is 7.32. The second kappa shape index (κ2) is 9.74. The average Bonchev–Trinajstić information content (AvgIpc) is 2.47. The fourth-order valence-corrected chi connectivity index (χ4v) is 2.83. The Bertz CT molecular complexity index is 491. The van der Waals surface area contributed by atoms with Gasteiger partial charge in [-0.15, -0.1) is 11.8 Å². The lowest BCUT2D eigenvalue weighted by atomic mass is 10.0. The van der Waals surface area contributed by atoms with Crippen LogP contribution in [-0.2, 0) is 20.1 Å². The van der Waals surface area contributed by atoms with Gasteiger partial charge in [0.25, 0.3) is 0 Å². The van der Waals surface area contributed by atoms with Crippen molar-refractivity contribution in [1.29, 1.82) is 0 Å². The molecular weight excluding hydrogens is 322 g/mol. The zero-order valence-electron chi connectivity index (χ0n) is 13.1. The minimum Gasteiger partial charge on any atom is -0.467 e. The number of hydrogen-bond acceptors (Lipinski definition) is 4. The van der Waals surface area contributed by atoms with E-state index in [0.717, 1.165) is 11.3 Å². The van der Waals surface area contributed by atoms with Crippen LogP contribution < -0.4 is 5.32 Å². The van der Waals surface area contributed by atoms with E-state index in [4.69, 9.17) is 16.3 Å². The third kappa shape index (κ3) is 7.18. The number of hydrogen-bond donors (Lipinski definition) is 1. The van der Waals surface area contributed by atoms with Gasteiger partial charge in [-0.2, -0.15) is 0 Å². The van der Waals surface area contributed by atoms with E-state index in [9.17, 15) is 9.59 Å². The van der Waals surface area contributed by atoms with Gasteiger partial charge in [-0.1, -0.05) is 37.6 Å². The molecule has 1 amide bonds. The van der Waals surface area contributed by atoms with Crippen molar-refractivity contribution in [2.24, 2.45) is 5.92 Å². The van der Waals surface area contributed by atoms with Gasteiger partial charge in [-0.05, 0) is 30.0 Å². The predicted octanol–water partition coefficient (Wildman–Crippen LogP) is 3.28. The smallest absolute Gasteiger partial charge is 0.328 e. The first kappa shape index (κ1) is 18.8. The molecule has 122 valence electrons. The van der Waals surface area contributed by atoms with Crippen molar-refractivity contribution in [3.63, 3.8) is 0 Å². The fraction of sp³-hybridized carbons (Fsp3) is 0.500. The summed E-state index contributed by atoms with van der Waals surface area (Å²) < 4.78 is 4.73. The number of carbonyl (C=O) groups excluding carboxylic acids is 2. The van der Waals surface area contributed by atoms with Gasteiger partial charge in [0.15, 0.2) is 0 Å². The minimum atomic E-state index is -0.575. The van der Waals surface area contributed by atoms with Gasteiger partial charge in [0.2, 0.25) is 5.91 Å². The Hall–Kier alpha value is -1.20. The summed E-state index contributed by atoms with van der Waals surface area (Å²) in [5.74, 6) is 0.761. The van der Waals surface area contributed by atoms with Crippen molar-refractivity contribution in [2.45, 2.75) is 32.1 Å². The molecule has 0 bridgehead atoms. The van der Waals surface area contributed by atoms with Gasteiger partial charge in [0, 0.05) is 10.8 Å². The van der Waals surface area contributed by atoms with E-state index in [-0.39, 0.29) is 5.91 Å². The van der Waals surface area contributed by atoms with Crippen molar-refractivity contribution >= 4 is 35.2 Å². The van der Waals surface area contributed by atoms with Gasteiger partial charge in [-0.3, -0.25) is 4.79 Å². The quantitative estimate of drug-likeness (QED) is 0.736. The largest absolute Gasteiger partial charge is 0.467 e. The van der Waals surface area contributed by atoms with Crippen LogP contribution in [-0.4, -0.2) is 30.8 Å². The van der Waals surface area contributed by atoms with Crippen LogP contribution in [0, 0.1) is 5.92 Å². The van der Waals surface area contributed by atoms with Gasteiger partial charge in [0.05, 0.1) is 12.9 Å². The third-order valence-electron chi connectivity index (χ3n) is 2.94. The summed E-state index contributed by atoms with van der Waals surface area (Å²) in [7, 11) is 1.33. The molecule has 0 aromatic heterocycles. The Kier molecular flexibility index (Phi) is 8.35. The van der Waals surface area contributed by atoms with E-state index < -0.39 is 12.0 Å². The molecule has 1 atom stereocenters. The number of nitrogens with one attached hydrogen (secondary N) is 1. The summed E-state index contributed by atoms with van der Waals surface area (Å²) in [5, 5.41) is 3.43. The summed E-state index contributed by atoms with van der Waals surface area (Å²) in [6.07, 6.45) is 0.570. The van der Waals surface area contributed by atoms with Gasteiger partial charge in [0.1, 0.15) is 6.04 Å². The minimum absolute atomic E-state index is 0.157. The number of amides is 1. The standard InChI is InChI=1S/C16H22ClNO3S/c1-11(2)8-14(16(20)21-3)18-15(19)10-22-9-12-4-6-13(17)7-5-12/h4-7,11,14H,8-10H2,1-3H3,(H,18,19). The molecule has 22 heavy (non-hydrogen) atoms. The Morgan fingerprint density at radius 2 is 1.91 bits per heavy atom. The molecule has 0 spiro atoms. The molecule has 4 nitrogen and oxygen atoms in total. The summed E-state index contributed by atoms with van der Waals surface area (Å²) in [6.45, 7) is 3.99. The highest BCUT2D eigenvalue weighted by atomic mass is 35.5. The van der Waals surface area contributed by atoms with Crippen LogP contribution in [0.5, 0.6) is 0 Å². The molecule has 0 radical (unpaired) electrons. The van der Waals surface area contributed by atoms with Crippen LogP contribution in [0.1, 0.15) is 25.8 Å². The van der Waals surface area contributed by atoms with Crippen LogP contribution in [0.25, 0.3) is 0 Å². The first-order valence-corrected chi connectivity index (χ1v) is 8.65. The maximum absolute atomic E-state index is 11.9. The number of rotatable bonds is 8. The predicted molar refractivity (Wildman–Crippen MR) is 91.0 cm³/mol. The van der Waals surface area contributed by atoms with Crippen LogP contribution in [0.2, 0.25) is 5.02 Å². The molecule has 0 saturated heterocycles. The fourth-order valence-electron chi connectivity index (χ4n) is 1.91. The molecular formula is C16H22ClNO3S. The third-order valence-corrected chi connectivity index (χ3v) is 4.20. The van der Waals surface area contributed by atoms with E-state index in [1.165, 1.54) is 18.9 Å². The summed E-state index contributed by atoms with van der Waals surface area (Å²) in [5.41, 5.74) is 1.11. The molecule has 0 saturated carbocycles. The molecule has 1 aromatic rings. The maximum atomic E-state index is 11.9. The average molecular weight is 344 g/mol. The zero-order chi connectivity index (χ0) is 16.5. The van der Waals surface area contributed by atoms with Crippen molar-refractivity contribution in [2.75, 3.05) is 12.9 Å². The van der Waals surface area contributed by atoms with Crippen LogP contribution >= 0.6 is 23.4 Å². The number of carbonyl (C=O) groups is 2. The molecule has 0 aliphatic heterocycles. The molecule has 0 aliphatic rings. The summed E-state index contributed by atoms with van der Waals surface area (Å²) in [6, 6.07) is 6.95. The number of ether oxygens (including phenoxy) is 1. The van der Waals surface area contributed by atoms with E-state index in [2.05, 4.69) is 5.32 Å². The Morgan fingerprint density at radius 1 is 1.27 bits per heavy atom. The molecule has 1 unspecified atom stereocenters. The van der Waals surface area contributed by atoms with Gasteiger partial charge in [-0.25, -0.2) is 4.79 Å². The highest BCUT2D eigenvalue weighted by Crippen LogP contribution is 2.15. The molecule has 1 aromatic carbocycles. The summed E-state index contributed by atoms with van der Waals surface area (Å²) in [4.78, 5) is 23.6. The van der Waals surface area contributed by atoms with E-state index in [0.29, 0.717) is 23.1 Å². The van der Waals surface area contributed by atoms with E-state index >= 15 is 0 Å². The van der Waals surface area contributed by atoms with Gasteiger partial charge < -0.3 is 10.1 Å². The number of benzene rings is 1. The maximum Gasteiger partial charge on any atom is 0.328 e. The lowest BCUT2D eigenvalue weighted by Gasteiger charge is -2.18. The van der Waals surface area contributed by atoms with Crippen molar-refractivity contribution in [3.8, 4) is 0 Å². The lowest BCUT2D eigenvalue weighted by Crippen LogP contribution is -2.43. The monoisotopic (exact) mass is 343 g/mol. The molecule has 1 rings (SSSR count). The zero-order valence-corrected chi connectivity index (χ0v) is 14.7. The van der Waals surface area contributed by atoms with Gasteiger partial charge >= 0.3 is 5.97 Å². The molecule has 0 fully saturated rings. The number of thioether (sulfide) groups is 1. The first-order chi connectivity index (χ1) is 10.4. The number of halogens is 1. The highest BCUT2D eigenvalue weighted by molar-refractivity contribution is 7.99. The normalized spacial score (nSPS) is 12.0. The highest BCUT2D eigenvalue weighted by Gasteiger charge is 2.22. The van der Waals surface area contributed by atoms with Crippen LogP contribution in [0.15, 0.2) is 24.3 Å². The Balaban J connectivity index is 2.39. The van der Waals surface area contributed by atoms with Crippen LogP contribution in [0.4, 0.5) is 0 Å². The molecule has 1 N–H and O–H groups in total. The first-order valence-electron chi connectivity index (χ1n) is 7.11.